The molecule has 10 heteroatoms. The average molecular weight is 751 g/mol. The quantitative estimate of drug-likeness (QED) is 0.341. The van der Waals surface area contributed by atoms with Crippen molar-refractivity contribution in [2.24, 2.45) is 0 Å². The van der Waals surface area contributed by atoms with Gasteiger partial charge in [-0.2, -0.15) is 7.05 Å². The Morgan fingerprint density at radius 3 is 2.39 bits per heavy atom. The first-order valence-electron chi connectivity index (χ1n) is 12.8. The minimum atomic E-state index is 0. The van der Waals surface area contributed by atoms with Crippen molar-refractivity contribution in [2.75, 3.05) is 63.2 Å². The van der Waals surface area contributed by atoms with Crippen molar-refractivity contribution < 1.29 is 45.4 Å². The largest absolute Gasteiger partial charge is 2.00 e. The van der Waals surface area contributed by atoms with Crippen LogP contribution in [0.25, 0.3) is 5.32 Å². The number of ether oxygens (including phenoxy) is 2. The molecule has 0 aliphatic carbocycles. The molecule has 38 heavy (non-hydrogen) atoms. The first kappa shape index (κ1) is 36.0. The van der Waals surface area contributed by atoms with E-state index in [1.54, 1.807) is 13.1 Å². The molecule has 0 atom stereocenters. The van der Waals surface area contributed by atoms with E-state index in [2.05, 4.69) is 51.5 Å². The van der Waals surface area contributed by atoms with E-state index >= 15 is 0 Å². The monoisotopic (exact) mass is 750 g/mol. The van der Waals surface area contributed by atoms with Crippen LogP contribution >= 0.6 is 0 Å². The number of morpholine rings is 1. The molecule has 5 rings (SSSR count). The Kier molecular flexibility index (Phi) is 19.9. The van der Waals surface area contributed by atoms with Crippen LogP contribution in [0.1, 0.15) is 43.6 Å². The Morgan fingerprint density at radius 2 is 1.87 bits per heavy atom. The predicted octanol–water partition coefficient (Wildman–Crippen LogP) is 4.80. The fraction of sp³-hybridized carbons (Fsp3) is 0.500. The summed E-state index contributed by atoms with van der Waals surface area (Å²) in [5.41, 5.74) is 5.27. The van der Waals surface area contributed by atoms with Crippen LogP contribution in [-0.4, -0.2) is 69.7 Å². The van der Waals surface area contributed by atoms with Gasteiger partial charge < -0.3 is 42.0 Å². The Labute approximate surface area is 252 Å². The summed E-state index contributed by atoms with van der Waals surface area (Å²) in [6.07, 6.45) is 3.62. The molecule has 208 valence electrons. The second-order valence-corrected chi connectivity index (χ2v) is 7.98. The van der Waals surface area contributed by atoms with Gasteiger partial charge >= 0.3 is 31.1 Å². The van der Waals surface area contributed by atoms with Crippen molar-refractivity contribution in [1.29, 1.82) is 0 Å². The number of aromatic nitrogens is 2. The van der Waals surface area contributed by atoms with E-state index in [1.807, 2.05) is 40.7 Å². The number of allylic oxidation sites excluding steroid dienone is 1. The molecule has 0 radical (unpaired) electrons. The fourth-order valence-corrected chi connectivity index (χ4v) is 3.77. The molecular weight excluding hydrogens is 706 g/mol. The maximum atomic E-state index is 8.00. The van der Waals surface area contributed by atoms with Gasteiger partial charge in [-0.05, 0) is 26.0 Å². The Morgan fingerprint density at radius 1 is 1.26 bits per heavy atom. The maximum absolute atomic E-state index is 8.00. The summed E-state index contributed by atoms with van der Waals surface area (Å²) < 4.78 is 11.7. The zero-order valence-corrected chi connectivity index (χ0v) is 27.8. The predicted molar refractivity (Wildman–Crippen MR) is 153 cm³/mol. The maximum Gasteiger partial charge on any atom is 2.00 e. The number of nitrogens with zero attached hydrogens (tertiary/aromatic N) is 4. The molecule has 0 aromatic carbocycles. The standard InChI is InChI=1S/C19H23N5O2.C3H7N.C3H6.C2H6.CH2O.U/c1-12-18-16(8-15(22-12)13-9-20-10-13)23-19-14(11-26-18)17(2-3-21-19)24-4-6-25-7-5-24;1-3-4-2;1-3-2;2*1-2;/h2-3,8,13,20H,4-7,9-11H2,1H3,(H,21,23);1,3H2,2H3;3H,1H2,2H3;1-2H3;1H2;/q;-2;;;;+2. The molecule has 3 aliphatic rings. The van der Waals surface area contributed by atoms with Gasteiger partial charge in [0, 0.05) is 49.7 Å². The number of hydrogen-bond acceptors (Lipinski definition) is 8. The number of carbonyl (C=O) groups excluding carboxylic acids is 1. The van der Waals surface area contributed by atoms with Crippen LogP contribution in [-0.2, 0) is 16.1 Å². The van der Waals surface area contributed by atoms with E-state index in [-0.39, 0.29) is 31.1 Å². The van der Waals surface area contributed by atoms with E-state index in [0.29, 0.717) is 19.1 Å². The van der Waals surface area contributed by atoms with Crippen LogP contribution in [0.2, 0.25) is 0 Å². The van der Waals surface area contributed by atoms with Gasteiger partial charge in [0.25, 0.3) is 0 Å². The molecule has 0 saturated carbocycles. The van der Waals surface area contributed by atoms with Gasteiger partial charge in [-0.3, -0.25) is 11.5 Å². The van der Waals surface area contributed by atoms with E-state index in [4.69, 9.17) is 19.3 Å². The van der Waals surface area contributed by atoms with Crippen LogP contribution in [0.3, 0.4) is 0 Å². The molecule has 3 aliphatic heterocycles. The third-order valence-electron chi connectivity index (χ3n) is 5.58. The first-order valence-corrected chi connectivity index (χ1v) is 12.8. The number of rotatable bonds is 3. The van der Waals surface area contributed by atoms with Crippen molar-refractivity contribution in [3.05, 3.63) is 60.2 Å². The molecule has 2 aromatic heterocycles. The summed E-state index contributed by atoms with van der Waals surface area (Å²) in [4.78, 5) is 19.7. The first-order chi connectivity index (χ1) is 18.1. The second-order valence-electron chi connectivity index (χ2n) is 7.98. The Hall–Kier alpha value is -1.96. The normalized spacial score (nSPS) is 14.7. The number of hydrogen-bond donors (Lipinski definition) is 2. The van der Waals surface area contributed by atoms with Crippen LogP contribution < -0.4 is 20.3 Å². The molecular formula is C28H44N6O3U. The van der Waals surface area contributed by atoms with E-state index in [9.17, 15) is 0 Å². The topological polar surface area (TPSA) is 103 Å². The summed E-state index contributed by atoms with van der Waals surface area (Å²) in [5, 5.41) is 10.4. The van der Waals surface area contributed by atoms with Crippen LogP contribution in [0, 0.1) is 45.0 Å². The molecule has 2 aromatic rings. The van der Waals surface area contributed by atoms with Crippen molar-refractivity contribution in [2.45, 2.75) is 40.2 Å². The Bertz CT molecular complexity index is 935. The molecule has 9 nitrogen and oxygen atoms in total. The number of anilines is 3. The number of aryl methyl sites for hydroxylation is 1. The SMILES string of the molecule is C=CC.C=O.CC.Cc1nc(C2CNC2)cc2c1OCc1c(N3CCOCC3)ccnc1N2.[CH2-]C[N-]C.[U+2]. The van der Waals surface area contributed by atoms with Crippen LogP contribution in [0.5, 0.6) is 5.75 Å². The number of pyridine rings is 2. The molecule has 0 bridgehead atoms. The summed E-state index contributed by atoms with van der Waals surface area (Å²) >= 11 is 0. The third kappa shape index (κ3) is 10.3. The van der Waals surface area contributed by atoms with Gasteiger partial charge in [-0.1, -0.05) is 19.9 Å². The Balaban J connectivity index is 0.000000999. The molecule has 0 spiro atoms. The number of fused-ring (bicyclic) bond motifs is 2. The molecule has 2 fully saturated rings. The summed E-state index contributed by atoms with van der Waals surface area (Å²) in [7, 11) is 1.74. The zero-order chi connectivity index (χ0) is 27.6. The van der Waals surface area contributed by atoms with Crippen molar-refractivity contribution in [3.8, 4) is 5.75 Å². The zero-order valence-electron chi connectivity index (χ0n) is 23.7. The van der Waals surface area contributed by atoms with Gasteiger partial charge in [0.2, 0.25) is 0 Å². The minimum Gasteiger partial charge on any atom is -0.691 e. The molecule has 5 heterocycles. The molecule has 2 N–H and O–H groups in total. The van der Waals surface area contributed by atoms with Gasteiger partial charge in [-0.25, -0.2) is 4.98 Å². The minimum absolute atomic E-state index is 0. The number of carbonyl (C=O) groups is 1. The second kappa shape index (κ2) is 20.9. The van der Waals surface area contributed by atoms with Crippen molar-refractivity contribution in [1.82, 2.24) is 15.3 Å². The van der Waals surface area contributed by atoms with Crippen molar-refractivity contribution >= 4 is 24.0 Å². The van der Waals surface area contributed by atoms with Crippen LogP contribution in [0.15, 0.2) is 31.0 Å². The van der Waals surface area contributed by atoms with Crippen molar-refractivity contribution in [3.63, 3.8) is 0 Å². The van der Waals surface area contributed by atoms with E-state index < -0.39 is 0 Å². The van der Waals surface area contributed by atoms with Gasteiger partial charge in [-0.15, -0.1) is 6.58 Å². The van der Waals surface area contributed by atoms with E-state index in [0.717, 1.165) is 73.6 Å². The smallest absolute Gasteiger partial charge is 0.691 e. The summed E-state index contributed by atoms with van der Waals surface area (Å²) in [5.74, 6) is 2.18. The van der Waals surface area contributed by atoms with E-state index in [1.165, 1.54) is 5.69 Å². The average Bonchev–Trinajstić information content (AvgIpc) is 3.11. The van der Waals surface area contributed by atoms with Crippen LogP contribution in [0.4, 0.5) is 17.2 Å². The summed E-state index contributed by atoms with van der Waals surface area (Å²) in [6, 6.07) is 4.19. The molecule has 2 saturated heterocycles. The summed E-state index contributed by atoms with van der Waals surface area (Å²) in [6.45, 7) is 23.2. The fourth-order valence-electron chi connectivity index (χ4n) is 3.77. The third-order valence-corrected chi connectivity index (χ3v) is 5.58. The molecule has 0 amide bonds. The number of nitrogens with one attached hydrogen (secondary N) is 2. The van der Waals surface area contributed by atoms with Gasteiger partial charge in [0.15, 0.2) is 5.75 Å². The van der Waals surface area contributed by atoms with Gasteiger partial charge in [0.1, 0.15) is 19.2 Å². The van der Waals surface area contributed by atoms with Gasteiger partial charge in [0.05, 0.1) is 30.2 Å². The molecule has 0 unspecified atom stereocenters.